The van der Waals surface area contributed by atoms with Gasteiger partial charge in [0, 0.05) is 60.7 Å². The minimum absolute atomic E-state index is 0.133. The fraction of sp³-hybridized carbons (Fsp3) is 0.455. The smallest absolute Gasteiger partial charge is 0.420 e. The van der Waals surface area contributed by atoms with Gasteiger partial charge in [-0.15, -0.1) is 8.78 Å². The van der Waals surface area contributed by atoms with Crippen molar-refractivity contribution in [1.29, 1.82) is 0 Å². The highest BCUT2D eigenvalue weighted by Crippen LogP contribution is 2.27. The first kappa shape index (κ1) is 24.7. The molecule has 34 heavy (non-hydrogen) atoms. The Hall–Kier alpha value is -2.47. The van der Waals surface area contributed by atoms with E-state index in [1.807, 2.05) is 18.7 Å². The Morgan fingerprint density at radius 3 is 2.59 bits per heavy atom. The minimum Gasteiger partial charge on any atom is -0.420 e. The number of pyridine rings is 1. The van der Waals surface area contributed by atoms with Gasteiger partial charge in [-0.2, -0.15) is 0 Å². The van der Waals surface area contributed by atoms with Gasteiger partial charge in [0.25, 0.3) is 5.91 Å². The van der Waals surface area contributed by atoms with Crippen molar-refractivity contribution in [3.63, 3.8) is 0 Å². The summed E-state index contributed by atoms with van der Waals surface area (Å²) in [7, 11) is -0.699. The van der Waals surface area contributed by atoms with Crippen LogP contribution in [0.1, 0.15) is 30.6 Å². The summed E-state index contributed by atoms with van der Waals surface area (Å²) < 4.78 is 41.7. The number of alkyl halides is 3. The van der Waals surface area contributed by atoms with Gasteiger partial charge in [0.05, 0.1) is 11.7 Å². The Kier molecular flexibility index (Phi) is 7.00. The minimum atomic E-state index is -3.82. The molecule has 182 valence electrons. The van der Waals surface area contributed by atoms with Crippen molar-refractivity contribution >= 4 is 41.6 Å². The molecule has 2 aliphatic heterocycles. The summed E-state index contributed by atoms with van der Waals surface area (Å²) in [6, 6.07) is 7.03. The first-order chi connectivity index (χ1) is 16.0. The monoisotopic (exact) mass is 495 g/mol. The van der Waals surface area contributed by atoms with Gasteiger partial charge < -0.3 is 29.4 Å². The van der Waals surface area contributed by atoms with E-state index in [1.165, 1.54) is 30.5 Å². The van der Waals surface area contributed by atoms with Crippen molar-refractivity contribution < 1.29 is 32.7 Å². The highest BCUT2D eigenvalue weighted by atomic mass is 35.5. The number of aromatic nitrogens is 1. The molecule has 3 heterocycles. The molecule has 0 unspecified atom stereocenters. The van der Waals surface area contributed by atoms with Crippen LogP contribution in [-0.2, 0) is 9.31 Å². The van der Waals surface area contributed by atoms with Crippen molar-refractivity contribution in [3.05, 3.63) is 42.1 Å². The molecule has 4 rings (SSSR count). The van der Waals surface area contributed by atoms with Crippen molar-refractivity contribution in [2.75, 3.05) is 36.5 Å². The zero-order valence-electron chi connectivity index (χ0n) is 18.8. The Morgan fingerprint density at radius 2 is 2.00 bits per heavy atom. The van der Waals surface area contributed by atoms with Crippen LogP contribution >= 0.6 is 11.6 Å². The van der Waals surface area contributed by atoms with Gasteiger partial charge in [-0.05, 0) is 36.8 Å². The highest BCUT2D eigenvalue weighted by Gasteiger charge is 2.37. The Balaban J connectivity index is 1.54. The lowest BCUT2D eigenvalue weighted by atomic mass is 9.75. The molecule has 1 aromatic carbocycles. The third-order valence-corrected chi connectivity index (χ3v) is 5.55. The number of aliphatic hydroxyl groups excluding tert-OH is 1. The molecule has 12 heteroatoms. The maximum absolute atomic E-state index is 12.9. The molecule has 1 aromatic heterocycles. The third kappa shape index (κ3) is 6.15. The number of carbonyl (C=O) groups excluding carboxylic acids is 1. The van der Waals surface area contributed by atoms with E-state index in [9.17, 15) is 18.7 Å². The Morgan fingerprint density at radius 1 is 1.32 bits per heavy atom. The van der Waals surface area contributed by atoms with Gasteiger partial charge in [-0.3, -0.25) is 4.79 Å². The van der Waals surface area contributed by atoms with Gasteiger partial charge in [-0.25, -0.2) is 4.98 Å². The lowest BCUT2D eigenvalue weighted by molar-refractivity contribution is -0.0964. The molecule has 1 amide bonds. The quantitative estimate of drug-likeness (QED) is 0.470. The summed E-state index contributed by atoms with van der Waals surface area (Å²) in [6.45, 7) is 6.08. The Bertz CT molecular complexity index is 1030. The Labute approximate surface area is 201 Å². The summed E-state index contributed by atoms with van der Waals surface area (Å²) in [4.78, 5) is 19.3. The summed E-state index contributed by atoms with van der Waals surface area (Å²) in [5, 5.41) is 12.7. The van der Waals surface area contributed by atoms with Crippen molar-refractivity contribution in [2.24, 2.45) is 5.41 Å². The number of halogens is 3. The molecule has 0 bridgehead atoms. The molecule has 8 nitrogen and oxygen atoms in total. The number of aliphatic hydroxyl groups is 1. The lowest BCUT2D eigenvalue weighted by Crippen LogP contribution is -2.49. The second-order valence-corrected chi connectivity index (χ2v) is 9.61. The molecule has 2 aliphatic rings. The van der Waals surface area contributed by atoms with E-state index in [1.54, 1.807) is 6.07 Å². The van der Waals surface area contributed by atoms with Gasteiger partial charge >= 0.3 is 12.7 Å². The van der Waals surface area contributed by atoms with Crippen LogP contribution < -0.4 is 20.4 Å². The largest absolute Gasteiger partial charge is 0.497 e. The predicted molar refractivity (Wildman–Crippen MR) is 124 cm³/mol. The van der Waals surface area contributed by atoms with Crippen LogP contribution in [0.3, 0.4) is 0 Å². The average molecular weight is 496 g/mol. The van der Waals surface area contributed by atoms with E-state index < -0.39 is 24.7 Å². The third-order valence-electron chi connectivity index (χ3n) is 5.47. The van der Waals surface area contributed by atoms with Crippen molar-refractivity contribution in [3.8, 4) is 5.75 Å². The zero-order chi connectivity index (χ0) is 24.5. The first-order valence-corrected chi connectivity index (χ1v) is 11.2. The number of hydrogen-bond donors (Lipinski definition) is 2. The number of carbonyl (C=O) groups is 1. The van der Waals surface area contributed by atoms with E-state index >= 15 is 0 Å². The van der Waals surface area contributed by atoms with E-state index in [0.29, 0.717) is 49.7 Å². The topological polar surface area (TPSA) is 93.2 Å². The van der Waals surface area contributed by atoms with Crippen molar-refractivity contribution in [1.82, 2.24) is 4.98 Å². The number of amides is 1. The molecule has 2 N–H and O–H groups in total. The summed E-state index contributed by atoms with van der Waals surface area (Å²) in [5.74, 6) is 0.00386. The summed E-state index contributed by atoms with van der Waals surface area (Å²) >= 11 is 4.76. The summed E-state index contributed by atoms with van der Waals surface area (Å²) in [5.41, 5.74) is -2.71. The van der Waals surface area contributed by atoms with E-state index in [4.69, 9.17) is 20.9 Å². The SMILES string of the molecule is CC1(C)COB(c2cc(C(=O)Nc3ccc(OC(F)(F)Cl)cc3)cnc2N2CC[C@@H](O)C2)OC1. The number of anilines is 2. The molecule has 0 saturated carbocycles. The van der Waals surface area contributed by atoms with Crippen LogP contribution in [-0.4, -0.2) is 61.1 Å². The molecule has 1 atom stereocenters. The number of β-amino-alcohol motifs (C(OH)–C–C–N with tert-alkyl or cyclic N) is 1. The maximum atomic E-state index is 12.9. The number of nitrogens with one attached hydrogen (secondary N) is 1. The van der Waals surface area contributed by atoms with Crippen LogP contribution in [0.15, 0.2) is 36.5 Å². The predicted octanol–water partition coefficient (Wildman–Crippen LogP) is 2.84. The van der Waals surface area contributed by atoms with E-state index in [-0.39, 0.29) is 16.7 Å². The fourth-order valence-electron chi connectivity index (χ4n) is 3.79. The second kappa shape index (κ2) is 9.65. The maximum Gasteiger partial charge on any atom is 0.497 e. The molecule has 2 aromatic rings. The van der Waals surface area contributed by atoms with Crippen LogP contribution in [0, 0.1) is 5.41 Å². The van der Waals surface area contributed by atoms with Gasteiger partial charge in [0.1, 0.15) is 11.6 Å². The first-order valence-electron chi connectivity index (χ1n) is 10.8. The van der Waals surface area contributed by atoms with Crippen LogP contribution in [0.4, 0.5) is 20.3 Å². The molecule has 2 fully saturated rings. The van der Waals surface area contributed by atoms with Gasteiger partial charge in [-0.1, -0.05) is 13.8 Å². The zero-order valence-corrected chi connectivity index (χ0v) is 19.5. The number of benzene rings is 1. The normalized spacial score (nSPS) is 20.4. The molecule has 0 radical (unpaired) electrons. The number of ether oxygens (including phenoxy) is 1. The van der Waals surface area contributed by atoms with E-state index in [0.717, 1.165) is 0 Å². The fourth-order valence-corrected chi connectivity index (χ4v) is 3.87. The molecule has 0 aliphatic carbocycles. The van der Waals surface area contributed by atoms with E-state index in [2.05, 4.69) is 15.0 Å². The molecular formula is C22H25BClF2N3O5. The van der Waals surface area contributed by atoms with Crippen LogP contribution in [0.25, 0.3) is 0 Å². The van der Waals surface area contributed by atoms with Gasteiger partial charge in [0.2, 0.25) is 0 Å². The number of rotatable bonds is 6. The molecule has 2 saturated heterocycles. The molecular weight excluding hydrogens is 471 g/mol. The number of nitrogens with zero attached hydrogens (tertiary/aromatic N) is 2. The average Bonchev–Trinajstić information content (AvgIpc) is 3.20. The van der Waals surface area contributed by atoms with Crippen molar-refractivity contribution in [2.45, 2.75) is 31.9 Å². The van der Waals surface area contributed by atoms with Gasteiger partial charge in [0.15, 0.2) is 0 Å². The highest BCUT2D eigenvalue weighted by molar-refractivity contribution is 6.63. The van der Waals surface area contributed by atoms with Crippen LogP contribution in [0.2, 0.25) is 0 Å². The number of hydrogen-bond acceptors (Lipinski definition) is 7. The van der Waals surface area contributed by atoms with Crippen LogP contribution in [0.5, 0.6) is 5.75 Å². The standard InChI is InChI=1S/C22H25BClF2N3O5/c1-21(2)12-32-23(33-13-21)18-9-14(10-27-19(18)29-8-7-16(30)11-29)20(31)28-15-3-5-17(6-4-15)34-22(24,25)26/h3-6,9-10,16,30H,7-8,11-13H2,1-2H3,(H,28,31)/t16-/m1/s1. The summed E-state index contributed by atoms with van der Waals surface area (Å²) in [6.07, 6.45) is 1.62. The lowest BCUT2D eigenvalue weighted by Gasteiger charge is -2.34. The second-order valence-electron chi connectivity index (χ2n) is 9.17. The molecule has 0 spiro atoms.